The number of carbonyl (C=O) groups excluding carboxylic acids is 2. The predicted octanol–water partition coefficient (Wildman–Crippen LogP) is 3.11. The van der Waals surface area contributed by atoms with Crippen LogP contribution in [0, 0.1) is 0 Å². The number of esters is 1. The molecule has 33 heavy (non-hydrogen) atoms. The van der Waals surface area contributed by atoms with Gasteiger partial charge in [-0.25, -0.2) is 19.4 Å². The van der Waals surface area contributed by atoms with Gasteiger partial charge in [0.15, 0.2) is 5.65 Å². The van der Waals surface area contributed by atoms with E-state index in [9.17, 15) is 9.59 Å². The minimum atomic E-state index is -0.405. The molecule has 1 aliphatic rings. The fourth-order valence-corrected chi connectivity index (χ4v) is 3.44. The van der Waals surface area contributed by atoms with Crippen LogP contribution < -0.4 is 10.6 Å². The van der Waals surface area contributed by atoms with Crippen LogP contribution in [0.25, 0.3) is 16.7 Å². The number of benzene rings is 2. The molecule has 1 aliphatic carbocycles. The van der Waals surface area contributed by atoms with Gasteiger partial charge in [0.25, 0.3) is 5.91 Å². The lowest BCUT2D eigenvalue weighted by Gasteiger charge is -2.10. The van der Waals surface area contributed by atoms with Crippen molar-refractivity contribution in [1.29, 1.82) is 0 Å². The Kier molecular flexibility index (Phi) is 5.43. The Hall–Kier alpha value is -4.27. The zero-order chi connectivity index (χ0) is 22.8. The summed E-state index contributed by atoms with van der Waals surface area (Å²) in [6.45, 7) is 0.269. The van der Waals surface area contributed by atoms with Crippen molar-refractivity contribution in [3.05, 3.63) is 77.7 Å². The van der Waals surface area contributed by atoms with Crippen molar-refractivity contribution >= 4 is 28.7 Å². The number of nitrogens with zero attached hydrogens (tertiary/aromatic N) is 4. The van der Waals surface area contributed by atoms with E-state index in [4.69, 9.17) is 4.74 Å². The fourth-order valence-electron chi connectivity index (χ4n) is 3.44. The van der Waals surface area contributed by atoms with Crippen molar-refractivity contribution in [3.63, 3.8) is 0 Å². The maximum absolute atomic E-state index is 12.9. The second-order valence-corrected chi connectivity index (χ2v) is 7.81. The molecule has 5 rings (SSSR count). The van der Waals surface area contributed by atoms with Gasteiger partial charge in [0.1, 0.15) is 5.82 Å². The van der Waals surface area contributed by atoms with E-state index >= 15 is 0 Å². The minimum absolute atomic E-state index is 0.0644. The molecular formula is C24H22N6O3. The smallest absolute Gasteiger partial charge is 0.337 e. The average molecular weight is 442 g/mol. The Bertz CT molecular complexity index is 1310. The van der Waals surface area contributed by atoms with E-state index in [-0.39, 0.29) is 12.4 Å². The number of ether oxygens (including phenoxy) is 1. The van der Waals surface area contributed by atoms with Crippen molar-refractivity contribution in [1.82, 2.24) is 25.1 Å². The van der Waals surface area contributed by atoms with Crippen molar-refractivity contribution < 1.29 is 14.3 Å². The lowest BCUT2D eigenvalue weighted by Crippen LogP contribution is -2.25. The highest BCUT2D eigenvalue weighted by Gasteiger charge is 2.25. The Labute approximate surface area is 189 Å². The van der Waals surface area contributed by atoms with E-state index in [0.29, 0.717) is 23.1 Å². The second kappa shape index (κ2) is 8.70. The molecule has 0 spiro atoms. The molecular weight excluding hydrogens is 420 g/mol. The van der Waals surface area contributed by atoms with Gasteiger partial charge in [-0.3, -0.25) is 4.79 Å². The van der Waals surface area contributed by atoms with E-state index in [0.717, 1.165) is 29.5 Å². The maximum atomic E-state index is 12.9. The molecule has 2 heterocycles. The van der Waals surface area contributed by atoms with Gasteiger partial charge < -0.3 is 15.4 Å². The number of hydrogen-bond acceptors (Lipinski definition) is 7. The molecule has 2 N–H and O–H groups in total. The van der Waals surface area contributed by atoms with Gasteiger partial charge in [-0.2, -0.15) is 5.10 Å². The maximum Gasteiger partial charge on any atom is 0.337 e. The molecule has 1 fully saturated rings. The number of amides is 1. The van der Waals surface area contributed by atoms with E-state index in [1.165, 1.54) is 7.11 Å². The van der Waals surface area contributed by atoms with Crippen LogP contribution in [0.15, 0.2) is 60.8 Å². The first-order chi connectivity index (χ1) is 16.1. The molecule has 0 unspecified atom stereocenters. The summed E-state index contributed by atoms with van der Waals surface area (Å²) in [5.74, 6) is -0.126. The molecule has 0 saturated heterocycles. The van der Waals surface area contributed by atoms with Gasteiger partial charge in [0, 0.05) is 12.6 Å². The summed E-state index contributed by atoms with van der Waals surface area (Å²) in [6, 6.07) is 16.8. The van der Waals surface area contributed by atoms with Gasteiger partial charge in [0.05, 0.1) is 29.9 Å². The summed E-state index contributed by atoms with van der Waals surface area (Å²) in [5, 5.41) is 11.5. The Balaban J connectivity index is 1.41. The number of anilines is 1. The van der Waals surface area contributed by atoms with E-state index < -0.39 is 11.9 Å². The van der Waals surface area contributed by atoms with Crippen molar-refractivity contribution in [2.24, 2.45) is 0 Å². The Morgan fingerprint density at radius 3 is 2.52 bits per heavy atom. The monoisotopic (exact) mass is 442 g/mol. The number of aromatic nitrogens is 4. The van der Waals surface area contributed by atoms with Gasteiger partial charge in [-0.1, -0.05) is 30.3 Å². The topological polar surface area (TPSA) is 111 Å². The van der Waals surface area contributed by atoms with Gasteiger partial charge >= 0.3 is 5.97 Å². The quantitative estimate of drug-likeness (QED) is 0.423. The summed E-state index contributed by atoms with van der Waals surface area (Å²) in [4.78, 5) is 33.6. The molecule has 9 nitrogen and oxygen atoms in total. The Morgan fingerprint density at radius 2 is 1.82 bits per heavy atom. The summed E-state index contributed by atoms with van der Waals surface area (Å²) >= 11 is 0. The summed E-state index contributed by atoms with van der Waals surface area (Å²) in [6.07, 6.45) is 3.86. The highest BCUT2D eigenvalue weighted by atomic mass is 16.5. The molecule has 1 amide bonds. The van der Waals surface area contributed by atoms with E-state index in [1.807, 2.05) is 30.3 Å². The minimum Gasteiger partial charge on any atom is -0.465 e. The second-order valence-electron chi connectivity index (χ2n) is 7.81. The number of fused-ring (bicyclic) bond motifs is 1. The average Bonchev–Trinajstić information content (AvgIpc) is 3.57. The number of para-hydroxylation sites is 1. The van der Waals surface area contributed by atoms with Crippen LogP contribution >= 0.6 is 0 Å². The number of nitrogens with one attached hydrogen (secondary N) is 2. The van der Waals surface area contributed by atoms with Crippen LogP contribution in [0.4, 0.5) is 5.82 Å². The van der Waals surface area contributed by atoms with Crippen LogP contribution in [0.1, 0.15) is 39.4 Å². The largest absolute Gasteiger partial charge is 0.465 e. The van der Waals surface area contributed by atoms with E-state index in [1.54, 1.807) is 35.1 Å². The molecule has 2 aromatic carbocycles. The molecule has 9 heteroatoms. The summed E-state index contributed by atoms with van der Waals surface area (Å²) in [5.41, 5.74) is 2.70. The van der Waals surface area contributed by atoms with Crippen molar-refractivity contribution in [2.45, 2.75) is 25.4 Å². The number of hydrogen-bond donors (Lipinski definition) is 2. The van der Waals surface area contributed by atoms with Crippen LogP contribution in [0.5, 0.6) is 0 Å². The van der Waals surface area contributed by atoms with Crippen molar-refractivity contribution in [3.8, 4) is 5.69 Å². The molecule has 0 atom stereocenters. The van der Waals surface area contributed by atoms with Gasteiger partial charge in [-0.05, 0) is 42.7 Å². The van der Waals surface area contributed by atoms with Crippen LogP contribution in [-0.4, -0.2) is 44.8 Å². The third kappa shape index (κ3) is 4.38. The zero-order valence-electron chi connectivity index (χ0n) is 18.0. The van der Waals surface area contributed by atoms with Crippen molar-refractivity contribution in [2.75, 3.05) is 12.4 Å². The first-order valence-corrected chi connectivity index (χ1v) is 10.7. The molecule has 166 valence electrons. The molecule has 0 radical (unpaired) electrons. The number of carbonyl (C=O) groups is 2. The van der Waals surface area contributed by atoms with Gasteiger partial charge in [0.2, 0.25) is 5.82 Å². The molecule has 2 aromatic heterocycles. The van der Waals surface area contributed by atoms with E-state index in [2.05, 4.69) is 25.7 Å². The third-order valence-electron chi connectivity index (χ3n) is 5.38. The highest BCUT2D eigenvalue weighted by Crippen LogP contribution is 2.29. The molecule has 4 aromatic rings. The summed E-state index contributed by atoms with van der Waals surface area (Å²) < 4.78 is 6.41. The van der Waals surface area contributed by atoms with Crippen LogP contribution in [0.2, 0.25) is 0 Å². The first-order valence-electron chi connectivity index (χ1n) is 10.7. The fraction of sp³-hybridized carbons (Fsp3) is 0.208. The number of methoxy groups -OCH3 is 1. The third-order valence-corrected chi connectivity index (χ3v) is 5.38. The van der Waals surface area contributed by atoms with Crippen LogP contribution in [0.3, 0.4) is 0 Å². The van der Waals surface area contributed by atoms with Gasteiger partial charge in [-0.15, -0.1) is 0 Å². The standard InChI is InChI=1S/C24H22N6O3/c1-33-24(32)16-9-7-15(8-10-16)13-25-23(31)21-28-20(27-17-11-12-17)19-14-26-30(22(19)29-21)18-5-3-2-4-6-18/h2-10,14,17H,11-13H2,1H3,(H,25,31)(H,27,28,29). The first kappa shape index (κ1) is 20.6. The predicted molar refractivity (Wildman–Crippen MR) is 122 cm³/mol. The molecule has 0 aliphatic heterocycles. The zero-order valence-corrected chi connectivity index (χ0v) is 18.0. The molecule has 0 bridgehead atoms. The number of rotatable bonds is 7. The Morgan fingerprint density at radius 1 is 1.06 bits per heavy atom. The normalized spacial score (nSPS) is 13.0. The lowest BCUT2D eigenvalue weighted by molar-refractivity contribution is 0.0600. The van der Waals surface area contributed by atoms with Crippen LogP contribution in [-0.2, 0) is 11.3 Å². The summed E-state index contributed by atoms with van der Waals surface area (Å²) in [7, 11) is 1.34. The molecule has 1 saturated carbocycles. The highest BCUT2D eigenvalue weighted by molar-refractivity contribution is 5.96. The lowest BCUT2D eigenvalue weighted by atomic mass is 10.1. The SMILES string of the molecule is COC(=O)c1ccc(CNC(=O)c2nc(NC3CC3)c3cnn(-c4ccccc4)c3n2)cc1.